The zero-order valence-electron chi connectivity index (χ0n) is 19.8. The Morgan fingerprint density at radius 2 is 1.11 bits per heavy atom. The molecular weight excluding hydrogens is 476 g/mol. The summed E-state index contributed by atoms with van der Waals surface area (Å²) in [6, 6.07) is 41.7. The molecule has 1 aliphatic rings. The Labute approximate surface area is 219 Å². The largest absolute Gasteiger partial charge is 0.309 e. The minimum atomic E-state index is -0.311. The van der Waals surface area contributed by atoms with Gasteiger partial charge in [-0.2, -0.15) is 0 Å². The Bertz CT molecular complexity index is 1610. The highest BCUT2D eigenvalue weighted by Crippen LogP contribution is 2.40. The molecule has 5 aromatic rings. The average Bonchev–Trinajstić information content (AvgIpc) is 3.47. The molecule has 4 nitrogen and oxygen atoms in total. The van der Waals surface area contributed by atoms with Crippen LogP contribution in [-0.2, 0) is 4.79 Å². The molecule has 2 amide bonds. The van der Waals surface area contributed by atoms with Crippen molar-refractivity contribution in [2.45, 2.75) is 0 Å². The normalized spacial score (nSPS) is 14.5. The molecule has 0 spiro atoms. The first-order valence-corrected chi connectivity index (χ1v) is 12.8. The summed E-state index contributed by atoms with van der Waals surface area (Å²) in [4.78, 5) is 27.9. The highest BCUT2D eigenvalue weighted by molar-refractivity contribution is 8.19. The molecule has 1 saturated heterocycles. The average molecular weight is 499 g/mol. The maximum absolute atomic E-state index is 13.4. The maximum atomic E-state index is 13.4. The lowest BCUT2D eigenvalue weighted by Crippen LogP contribution is -2.27. The van der Waals surface area contributed by atoms with E-state index in [1.165, 1.54) is 4.90 Å². The Hall–Kier alpha value is -4.61. The number of rotatable bonds is 5. The van der Waals surface area contributed by atoms with Crippen LogP contribution in [0.15, 0.2) is 132 Å². The van der Waals surface area contributed by atoms with Crippen molar-refractivity contribution in [3.05, 3.63) is 138 Å². The third kappa shape index (κ3) is 4.30. The van der Waals surface area contributed by atoms with Crippen molar-refractivity contribution in [3.63, 3.8) is 0 Å². The Balaban J connectivity index is 1.57. The van der Waals surface area contributed by atoms with Gasteiger partial charge >= 0.3 is 0 Å². The van der Waals surface area contributed by atoms with E-state index in [4.69, 9.17) is 0 Å². The number of aromatic nitrogens is 1. The van der Waals surface area contributed by atoms with Crippen LogP contribution in [0.2, 0.25) is 0 Å². The third-order valence-electron chi connectivity index (χ3n) is 6.26. The van der Waals surface area contributed by atoms with Crippen LogP contribution in [0.1, 0.15) is 5.56 Å². The highest BCUT2D eigenvalue weighted by atomic mass is 32.2. The number of hydrogen-bond donors (Lipinski definition) is 0. The number of imide groups is 1. The monoisotopic (exact) mass is 498 g/mol. The predicted octanol–water partition coefficient (Wildman–Crippen LogP) is 8.05. The number of benzene rings is 4. The fraction of sp³-hybridized carbons (Fsp3) is 0. The minimum Gasteiger partial charge on any atom is -0.309 e. The number of thioether (sulfide) groups is 1. The molecular formula is C32H22N2O2S. The fourth-order valence-electron chi connectivity index (χ4n) is 4.61. The maximum Gasteiger partial charge on any atom is 0.298 e. The molecule has 0 saturated carbocycles. The van der Waals surface area contributed by atoms with Crippen LogP contribution in [0, 0.1) is 0 Å². The molecule has 0 radical (unpaired) electrons. The molecule has 1 aliphatic heterocycles. The van der Waals surface area contributed by atoms with Gasteiger partial charge in [0.15, 0.2) is 0 Å². The zero-order valence-corrected chi connectivity index (χ0v) is 20.6. The third-order valence-corrected chi connectivity index (χ3v) is 7.13. The molecule has 0 aliphatic carbocycles. The van der Waals surface area contributed by atoms with E-state index in [9.17, 15) is 9.59 Å². The van der Waals surface area contributed by atoms with Crippen molar-refractivity contribution in [2.75, 3.05) is 4.90 Å². The summed E-state index contributed by atoms with van der Waals surface area (Å²) in [7, 11) is 0. The summed E-state index contributed by atoms with van der Waals surface area (Å²) < 4.78 is 2.22. The summed E-state index contributed by atoms with van der Waals surface area (Å²) in [6.45, 7) is 0. The Morgan fingerprint density at radius 1 is 0.595 bits per heavy atom. The standard InChI is InChI=1S/C32H22N2O2S/c35-31-29(37-32(36)34(31)27-19-11-4-12-20-27)22-25-21-28(23-13-5-1-6-14-23)33(26-17-9-3-10-18-26)30(25)24-15-7-2-8-16-24/h1-22H/b29-22+. The van der Waals surface area contributed by atoms with Crippen LogP contribution in [0.4, 0.5) is 10.5 Å². The van der Waals surface area contributed by atoms with Crippen molar-refractivity contribution < 1.29 is 9.59 Å². The number of nitrogens with zero attached hydrogens (tertiary/aromatic N) is 2. The van der Waals surface area contributed by atoms with Gasteiger partial charge in [0.25, 0.3) is 11.1 Å². The SMILES string of the molecule is O=C1S/C(=C/c2cc(-c3ccccc3)n(-c3ccccc3)c2-c2ccccc2)C(=O)N1c1ccccc1. The van der Waals surface area contributed by atoms with Crippen LogP contribution in [0.25, 0.3) is 34.3 Å². The van der Waals surface area contributed by atoms with Gasteiger partial charge in [0, 0.05) is 11.3 Å². The van der Waals surface area contributed by atoms with Gasteiger partial charge in [-0.3, -0.25) is 9.59 Å². The van der Waals surface area contributed by atoms with Crippen molar-refractivity contribution in [3.8, 4) is 28.2 Å². The number of hydrogen-bond acceptors (Lipinski definition) is 3. The zero-order chi connectivity index (χ0) is 25.2. The Morgan fingerprint density at radius 3 is 1.70 bits per heavy atom. The van der Waals surface area contributed by atoms with Gasteiger partial charge in [0.2, 0.25) is 0 Å². The van der Waals surface area contributed by atoms with Crippen molar-refractivity contribution in [2.24, 2.45) is 0 Å². The first-order chi connectivity index (χ1) is 18.2. The lowest BCUT2D eigenvalue weighted by atomic mass is 10.1. The van der Waals surface area contributed by atoms with Gasteiger partial charge in [-0.25, -0.2) is 4.90 Å². The van der Waals surface area contributed by atoms with E-state index in [0.717, 1.165) is 45.5 Å². The van der Waals surface area contributed by atoms with E-state index >= 15 is 0 Å². The van der Waals surface area contributed by atoms with Crippen molar-refractivity contribution in [1.82, 2.24) is 4.57 Å². The second kappa shape index (κ2) is 9.80. The molecule has 6 rings (SSSR count). The van der Waals surface area contributed by atoms with Gasteiger partial charge in [0.05, 0.1) is 22.0 Å². The molecule has 0 atom stereocenters. The number of amides is 2. The molecule has 1 aromatic heterocycles. The molecule has 0 bridgehead atoms. The quantitative estimate of drug-likeness (QED) is 0.230. The molecule has 0 unspecified atom stereocenters. The van der Waals surface area contributed by atoms with E-state index in [2.05, 4.69) is 47.0 Å². The molecule has 4 aromatic carbocycles. The molecule has 178 valence electrons. The van der Waals surface area contributed by atoms with Gasteiger partial charge in [-0.15, -0.1) is 0 Å². The molecule has 2 heterocycles. The summed E-state index contributed by atoms with van der Waals surface area (Å²) in [5.41, 5.74) is 6.48. The first-order valence-electron chi connectivity index (χ1n) is 12.0. The molecule has 5 heteroatoms. The van der Waals surface area contributed by atoms with Crippen LogP contribution in [-0.4, -0.2) is 15.7 Å². The van der Waals surface area contributed by atoms with Crippen LogP contribution in [0.5, 0.6) is 0 Å². The van der Waals surface area contributed by atoms with Gasteiger partial charge in [-0.1, -0.05) is 97.1 Å². The van der Waals surface area contributed by atoms with E-state index in [-0.39, 0.29) is 11.1 Å². The van der Waals surface area contributed by atoms with Crippen LogP contribution in [0.3, 0.4) is 0 Å². The van der Waals surface area contributed by atoms with Crippen molar-refractivity contribution in [1.29, 1.82) is 0 Å². The second-order valence-electron chi connectivity index (χ2n) is 8.59. The van der Waals surface area contributed by atoms with Crippen LogP contribution < -0.4 is 4.90 Å². The van der Waals surface area contributed by atoms with E-state index in [1.54, 1.807) is 12.1 Å². The Kier molecular flexibility index (Phi) is 6.05. The number of carbonyl (C=O) groups excluding carboxylic acids is 2. The summed E-state index contributed by atoms with van der Waals surface area (Å²) in [5.74, 6) is -0.311. The second-order valence-corrected chi connectivity index (χ2v) is 9.58. The number of anilines is 1. The molecule has 0 N–H and O–H groups in total. The van der Waals surface area contributed by atoms with E-state index in [1.807, 2.05) is 78.9 Å². The van der Waals surface area contributed by atoms with E-state index in [0.29, 0.717) is 10.6 Å². The van der Waals surface area contributed by atoms with Gasteiger partial charge in [-0.05, 0) is 59.3 Å². The van der Waals surface area contributed by atoms with E-state index < -0.39 is 0 Å². The lowest BCUT2D eigenvalue weighted by molar-refractivity contribution is -0.113. The lowest BCUT2D eigenvalue weighted by Gasteiger charge is -2.15. The van der Waals surface area contributed by atoms with Gasteiger partial charge in [0.1, 0.15) is 0 Å². The number of para-hydroxylation sites is 2. The smallest absolute Gasteiger partial charge is 0.298 e. The van der Waals surface area contributed by atoms with Crippen LogP contribution >= 0.6 is 11.8 Å². The predicted molar refractivity (Wildman–Crippen MR) is 152 cm³/mol. The summed E-state index contributed by atoms with van der Waals surface area (Å²) in [5, 5.41) is -0.297. The summed E-state index contributed by atoms with van der Waals surface area (Å²) >= 11 is 0.971. The summed E-state index contributed by atoms with van der Waals surface area (Å²) in [6.07, 6.45) is 1.85. The fourth-order valence-corrected chi connectivity index (χ4v) is 5.44. The van der Waals surface area contributed by atoms with Gasteiger partial charge < -0.3 is 4.57 Å². The topological polar surface area (TPSA) is 42.3 Å². The highest BCUT2D eigenvalue weighted by Gasteiger charge is 2.36. The first kappa shape index (κ1) is 22.8. The molecule has 1 fully saturated rings. The molecule has 37 heavy (non-hydrogen) atoms. The minimum absolute atomic E-state index is 0.297. The van der Waals surface area contributed by atoms with Crippen molar-refractivity contribution >= 4 is 34.7 Å². The number of carbonyl (C=O) groups is 2.